The van der Waals surface area contributed by atoms with Crippen molar-refractivity contribution in [1.82, 2.24) is 10.3 Å². The zero-order valence-corrected chi connectivity index (χ0v) is 13.8. The van der Waals surface area contributed by atoms with Crippen LogP contribution < -0.4 is 5.32 Å². The van der Waals surface area contributed by atoms with Gasteiger partial charge >= 0.3 is 0 Å². The predicted molar refractivity (Wildman–Crippen MR) is 91.6 cm³/mol. The number of carbonyl (C=O) groups excluding carboxylic acids is 1. The Balaban J connectivity index is 1.59. The number of thiophene rings is 1. The Hall–Kier alpha value is -1.80. The third kappa shape index (κ3) is 3.76. The summed E-state index contributed by atoms with van der Waals surface area (Å²) in [5.74, 6) is -0.591. The van der Waals surface area contributed by atoms with Gasteiger partial charge in [-0.3, -0.25) is 4.79 Å². The lowest BCUT2D eigenvalue weighted by Gasteiger charge is -2.15. The van der Waals surface area contributed by atoms with E-state index < -0.39 is 18.1 Å². The molecule has 120 valence electrons. The topological polar surface area (TPSA) is 82.5 Å². The van der Waals surface area contributed by atoms with Crippen LogP contribution in [0.3, 0.4) is 0 Å². The minimum Gasteiger partial charge on any atom is -0.383 e. The second-order valence-corrected chi connectivity index (χ2v) is 6.92. The number of aliphatic hydroxyl groups excluding tert-OH is 2. The lowest BCUT2D eigenvalue weighted by molar-refractivity contribution is -0.135. The molecule has 2 atom stereocenters. The molecule has 0 bridgehead atoms. The van der Waals surface area contributed by atoms with Gasteiger partial charge in [0.1, 0.15) is 11.1 Å². The SMILES string of the molecule is O=C(NCCc1ccsc1)[C@H](O)[C@H](O)c1nc2ccccc2s1. The predicted octanol–water partition coefficient (Wildman–Crippen LogP) is 2.11. The Kier molecular flexibility index (Phi) is 5.02. The van der Waals surface area contributed by atoms with Gasteiger partial charge in [-0.1, -0.05) is 12.1 Å². The average molecular weight is 348 g/mol. The van der Waals surface area contributed by atoms with E-state index in [4.69, 9.17) is 0 Å². The zero-order valence-electron chi connectivity index (χ0n) is 12.2. The fourth-order valence-corrected chi connectivity index (χ4v) is 3.85. The van der Waals surface area contributed by atoms with Gasteiger partial charge in [0.25, 0.3) is 5.91 Å². The van der Waals surface area contributed by atoms with Gasteiger partial charge in [0, 0.05) is 6.54 Å². The third-order valence-corrected chi connectivity index (χ3v) is 5.26. The monoisotopic (exact) mass is 348 g/mol. The van der Waals surface area contributed by atoms with Crippen LogP contribution in [-0.2, 0) is 11.2 Å². The van der Waals surface area contributed by atoms with Crippen LogP contribution in [0, 0.1) is 0 Å². The van der Waals surface area contributed by atoms with Crippen molar-refractivity contribution in [1.29, 1.82) is 0 Å². The van der Waals surface area contributed by atoms with Crippen molar-refractivity contribution in [2.75, 3.05) is 6.54 Å². The Bertz CT molecular complexity index is 753. The molecule has 0 aliphatic heterocycles. The van der Waals surface area contributed by atoms with Crippen LogP contribution in [0.5, 0.6) is 0 Å². The molecule has 0 fully saturated rings. The molecule has 0 aliphatic carbocycles. The molecule has 1 amide bonds. The minimum atomic E-state index is -1.53. The number of hydrogen-bond donors (Lipinski definition) is 3. The number of nitrogens with zero attached hydrogens (tertiary/aromatic N) is 1. The Labute approximate surface area is 141 Å². The molecule has 1 aromatic carbocycles. The summed E-state index contributed by atoms with van der Waals surface area (Å²) in [4.78, 5) is 16.2. The van der Waals surface area contributed by atoms with Crippen molar-refractivity contribution in [3.8, 4) is 0 Å². The number of para-hydroxylation sites is 1. The van der Waals surface area contributed by atoms with Crippen LogP contribution in [0.1, 0.15) is 16.7 Å². The first-order chi connectivity index (χ1) is 11.1. The van der Waals surface area contributed by atoms with Gasteiger partial charge in [-0.15, -0.1) is 11.3 Å². The summed E-state index contributed by atoms with van der Waals surface area (Å²) in [5, 5.41) is 27.2. The minimum absolute atomic E-state index is 0.340. The number of carbonyl (C=O) groups is 1. The molecule has 0 saturated heterocycles. The van der Waals surface area contributed by atoms with E-state index in [2.05, 4.69) is 10.3 Å². The van der Waals surface area contributed by atoms with Gasteiger partial charge in [-0.05, 0) is 40.9 Å². The molecule has 0 radical (unpaired) electrons. The Morgan fingerprint density at radius 2 is 2.09 bits per heavy atom. The van der Waals surface area contributed by atoms with Crippen molar-refractivity contribution in [2.24, 2.45) is 0 Å². The number of benzene rings is 1. The molecule has 0 saturated carbocycles. The molecule has 0 aliphatic rings. The highest BCUT2D eigenvalue weighted by atomic mass is 32.1. The van der Waals surface area contributed by atoms with Gasteiger partial charge < -0.3 is 15.5 Å². The first kappa shape index (κ1) is 16.1. The molecule has 0 unspecified atom stereocenters. The first-order valence-corrected chi connectivity index (χ1v) is 8.91. The maximum Gasteiger partial charge on any atom is 0.252 e. The van der Waals surface area contributed by atoms with E-state index in [0.29, 0.717) is 18.0 Å². The molecule has 2 aromatic heterocycles. The van der Waals surface area contributed by atoms with E-state index in [1.54, 1.807) is 11.3 Å². The van der Waals surface area contributed by atoms with Crippen LogP contribution in [0.25, 0.3) is 10.2 Å². The number of thiazole rings is 1. The highest BCUT2D eigenvalue weighted by molar-refractivity contribution is 7.18. The van der Waals surface area contributed by atoms with Gasteiger partial charge in [0.2, 0.25) is 0 Å². The second-order valence-electron chi connectivity index (χ2n) is 5.08. The standard InChI is InChI=1S/C16H16N2O3S2/c19-13(15(21)17-7-5-10-6-8-22-9-10)14(20)16-18-11-3-1-2-4-12(11)23-16/h1-4,6,8-9,13-14,19-20H,5,7H2,(H,17,21)/t13-,14+/m1/s1. The lowest BCUT2D eigenvalue weighted by atomic mass is 10.2. The molecule has 5 nitrogen and oxygen atoms in total. The van der Waals surface area contributed by atoms with E-state index in [1.807, 2.05) is 41.1 Å². The summed E-state index contributed by atoms with van der Waals surface area (Å²) in [7, 11) is 0. The molecule has 2 heterocycles. The first-order valence-electron chi connectivity index (χ1n) is 7.15. The normalized spacial score (nSPS) is 13.8. The van der Waals surface area contributed by atoms with E-state index in [0.717, 1.165) is 15.8 Å². The van der Waals surface area contributed by atoms with Crippen molar-refractivity contribution in [3.05, 3.63) is 51.7 Å². The number of fused-ring (bicyclic) bond motifs is 1. The van der Waals surface area contributed by atoms with Crippen molar-refractivity contribution >= 4 is 38.8 Å². The molecule has 3 N–H and O–H groups in total. The average Bonchev–Trinajstić information content (AvgIpc) is 3.22. The van der Waals surface area contributed by atoms with E-state index in [-0.39, 0.29) is 0 Å². The summed E-state index contributed by atoms with van der Waals surface area (Å²) < 4.78 is 0.909. The van der Waals surface area contributed by atoms with E-state index >= 15 is 0 Å². The molecule has 0 spiro atoms. The summed E-state index contributed by atoms with van der Waals surface area (Å²) in [6, 6.07) is 9.44. The zero-order chi connectivity index (χ0) is 16.2. The smallest absolute Gasteiger partial charge is 0.252 e. The Morgan fingerprint density at radius 1 is 1.26 bits per heavy atom. The highest BCUT2D eigenvalue weighted by Gasteiger charge is 2.28. The van der Waals surface area contributed by atoms with Gasteiger partial charge in [-0.2, -0.15) is 11.3 Å². The maximum absolute atomic E-state index is 12.0. The van der Waals surface area contributed by atoms with Crippen LogP contribution in [0.2, 0.25) is 0 Å². The number of nitrogens with one attached hydrogen (secondary N) is 1. The molecular weight excluding hydrogens is 332 g/mol. The summed E-state index contributed by atoms with van der Waals surface area (Å²) in [5.41, 5.74) is 1.88. The van der Waals surface area contributed by atoms with Gasteiger partial charge in [-0.25, -0.2) is 4.98 Å². The summed E-state index contributed by atoms with van der Waals surface area (Å²) in [6.45, 7) is 0.416. The number of aliphatic hydroxyl groups is 2. The third-order valence-electron chi connectivity index (χ3n) is 3.42. The van der Waals surface area contributed by atoms with Gasteiger partial charge in [0.15, 0.2) is 6.10 Å². The fourth-order valence-electron chi connectivity index (χ4n) is 2.16. The fraction of sp³-hybridized carbons (Fsp3) is 0.250. The number of aromatic nitrogens is 1. The highest BCUT2D eigenvalue weighted by Crippen LogP contribution is 2.27. The second kappa shape index (κ2) is 7.18. The van der Waals surface area contributed by atoms with Crippen molar-refractivity contribution < 1.29 is 15.0 Å². The Morgan fingerprint density at radius 3 is 2.83 bits per heavy atom. The maximum atomic E-state index is 12.0. The van der Waals surface area contributed by atoms with Crippen LogP contribution in [0.15, 0.2) is 41.1 Å². The summed E-state index contributed by atoms with van der Waals surface area (Å²) >= 11 is 2.87. The van der Waals surface area contributed by atoms with Crippen LogP contribution in [0.4, 0.5) is 0 Å². The molecule has 3 aromatic rings. The molecule has 7 heteroatoms. The molecule has 23 heavy (non-hydrogen) atoms. The largest absolute Gasteiger partial charge is 0.383 e. The number of rotatable bonds is 6. The van der Waals surface area contributed by atoms with Crippen molar-refractivity contribution in [2.45, 2.75) is 18.6 Å². The van der Waals surface area contributed by atoms with Crippen LogP contribution in [-0.4, -0.2) is 33.8 Å². The van der Waals surface area contributed by atoms with Gasteiger partial charge in [0.05, 0.1) is 10.2 Å². The van der Waals surface area contributed by atoms with E-state index in [1.165, 1.54) is 11.3 Å². The van der Waals surface area contributed by atoms with E-state index in [9.17, 15) is 15.0 Å². The summed E-state index contributed by atoms with van der Waals surface area (Å²) in [6.07, 6.45) is -2.16. The van der Waals surface area contributed by atoms with Crippen LogP contribution >= 0.6 is 22.7 Å². The number of amides is 1. The number of hydrogen-bond acceptors (Lipinski definition) is 6. The van der Waals surface area contributed by atoms with Crippen molar-refractivity contribution in [3.63, 3.8) is 0 Å². The quantitative estimate of drug-likeness (QED) is 0.637. The lowest BCUT2D eigenvalue weighted by Crippen LogP contribution is -2.39. The molecular formula is C16H16N2O3S2. The molecule has 3 rings (SSSR count).